The number of benzene rings is 1. The molecule has 2 aliphatic heterocycles. The summed E-state index contributed by atoms with van der Waals surface area (Å²) in [5, 5.41) is 36.0. The molecule has 3 atom stereocenters. The van der Waals surface area contributed by atoms with Gasteiger partial charge in [0.05, 0.1) is 25.6 Å². The first kappa shape index (κ1) is 35.2. The first-order chi connectivity index (χ1) is 21.8. The molecule has 1 saturated heterocycles. The zero-order valence-electron chi connectivity index (χ0n) is 26.6. The summed E-state index contributed by atoms with van der Waals surface area (Å²) in [4.78, 5) is 39.3. The molecule has 1 fully saturated rings. The molecule has 0 radical (unpaired) electrons. The third-order valence-corrected chi connectivity index (χ3v) is 10.5. The fourth-order valence-electron chi connectivity index (χ4n) is 6.70. The van der Waals surface area contributed by atoms with Crippen LogP contribution in [0.3, 0.4) is 0 Å². The second kappa shape index (κ2) is 14.8. The topological polar surface area (TPSA) is 157 Å². The molecule has 248 valence electrons. The Balaban J connectivity index is 0.000000315. The minimum absolute atomic E-state index is 0.0143. The van der Waals surface area contributed by atoms with Crippen LogP contribution < -0.4 is 0 Å². The number of carboxylic acids is 3. The lowest BCUT2D eigenvalue weighted by Gasteiger charge is -2.44. The molecular formula is C35H44N2O8S. The zero-order chi connectivity index (χ0) is 33.5. The fraction of sp³-hybridized carbons (Fsp3) is 0.486. The van der Waals surface area contributed by atoms with Crippen LogP contribution in [0.25, 0.3) is 0 Å². The molecule has 4 heterocycles. The predicted octanol–water partition coefficient (Wildman–Crippen LogP) is 5.47. The third-order valence-electron chi connectivity index (χ3n) is 9.59. The number of aromatic nitrogens is 1. The van der Waals surface area contributed by atoms with E-state index >= 15 is 0 Å². The Morgan fingerprint density at radius 3 is 2.37 bits per heavy atom. The third kappa shape index (κ3) is 8.01. The average molecular weight is 653 g/mol. The molecule has 1 aromatic carbocycles. The van der Waals surface area contributed by atoms with Crippen LogP contribution in [0, 0.1) is 12.3 Å². The highest BCUT2D eigenvalue weighted by molar-refractivity contribution is 7.09. The maximum Gasteiger partial charge on any atom is 0.336 e. The number of pyridine rings is 1. The minimum Gasteiger partial charge on any atom is -0.481 e. The van der Waals surface area contributed by atoms with Crippen LogP contribution in [-0.2, 0) is 37.5 Å². The van der Waals surface area contributed by atoms with Crippen molar-refractivity contribution in [2.45, 2.75) is 83.0 Å². The molecule has 0 bridgehead atoms. The van der Waals surface area contributed by atoms with Gasteiger partial charge in [0.25, 0.3) is 0 Å². The van der Waals surface area contributed by atoms with Crippen LogP contribution in [0.2, 0.25) is 0 Å². The van der Waals surface area contributed by atoms with Gasteiger partial charge < -0.3 is 25.2 Å². The van der Waals surface area contributed by atoms with Crippen molar-refractivity contribution in [1.82, 2.24) is 9.88 Å². The quantitative estimate of drug-likeness (QED) is 0.198. The summed E-state index contributed by atoms with van der Waals surface area (Å²) in [6.07, 6.45) is 5.54. The van der Waals surface area contributed by atoms with E-state index in [0.717, 1.165) is 51.1 Å². The average Bonchev–Trinajstić information content (AvgIpc) is 3.71. The smallest absolute Gasteiger partial charge is 0.336 e. The van der Waals surface area contributed by atoms with Crippen molar-refractivity contribution in [3.8, 4) is 0 Å². The molecular weight excluding hydrogens is 608 g/mol. The number of hydrogen-bond donors (Lipinski definition) is 4. The summed E-state index contributed by atoms with van der Waals surface area (Å²) < 4.78 is 6.64. The van der Waals surface area contributed by atoms with Gasteiger partial charge in [-0.2, -0.15) is 0 Å². The molecule has 0 spiro atoms. The van der Waals surface area contributed by atoms with Gasteiger partial charge in [-0.3, -0.25) is 19.5 Å². The summed E-state index contributed by atoms with van der Waals surface area (Å²) in [6.45, 7) is 9.79. The Morgan fingerprint density at radius 1 is 1.07 bits per heavy atom. The van der Waals surface area contributed by atoms with Crippen molar-refractivity contribution in [3.05, 3.63) is 87.4 Å². The van der Waals surface area contributed by atoms with E-state index in [9.17, 15) is 14.4 Å². The molecule has 2 aromatic heterocycles. The molecule has 0 aliphatic carbocycles. The van der Waals surface area contributed by atoms with E-state index in [1.165, 1.54) is 28.0 Å². The summed E-state index contributed by atoms with van der Waals surface area (Å²) in [6, 6.07) is 17.9. The molecule has 3 aromatic rings. The van der Waals surface area contributed by atoms with Crippen molar-refractivity contribution in [3.63, 3.8) is 0 Å². The number of carboxylic acid groups (broad SMARTS) is 3. The standard InChI is InChI=1S/C29H36N2OS.C6H8O7/c1-4-28(3,24-12-11-22(2)30-20-24)31-17-16-29(21-31,15-13-25-9-7-19-33-25)27-26-10-6-5-8-23(26)14-18-32-27;7-3(8)1-6(13,5(11)12)2-4(9)10/h5-12,19-20,27H,4,13-18,21H2,1-3H3;13H,1-2H2,(H,7,8)(H,9,10)(H,11,12)/t27-,28?,29+;/m0./s1. The predicted molar refractivity (Wildman–Crippen MR) is 174 cm³/mol. The number of ether oxygens (including phenoxy) is 1. The van der Waals surface area contributed by atoms with Gasteiger partial charge in [-0.1, -0.05) is 43.3 Å². The van der Waals surface area contributed by atoms with Crippen LogP contribution in [0.1, 0.15) is 79.3 Å². The number of aliphatic hydroxyl groups is 1. The van der Waals surface area contributed by atoms with Gasteiger partial charge in [-0.25, -0.2) is 4.79 Å². The first-order valence-electron chi connectivity index (χ1n) is 15.6. The van der Waals surface area contributed by atoms with Gasteiger partial charge in [0.15, 0.2) is 5.60 Å². The molecule has 1 unspecified atom stereocenters. The highest BCUT2D eigenvalue weighted by atomic mass is 32.1. The molecule has 10 nitrogen and oxygen atoms in total. The number of hydrogen-bond acceptors (Lipinski definition) is 8. The van der Waals surface area contributed by atoms with E-state index in [0.29, 0.717) is 0 Å². The number of nitrogens with zero attached hydrogens (tertiary/aromatic N) is 2. The van der Waals surface area contributed by atoms with E-state index < -0.39 is 36.4 Å². The Bertz CT molecular complexity index is 1480. The Kier molecular flexibility index (Phi) is 11.4. The number of fused-ring (bicyclic) bond motifs is 1. The van der Waals surface area contributed by atoms with Gasteiger partial charge >= 0.3 is 17.9 Å². The lowest BCUT2D eigenvalue weighted by Crippen LogP contribution is -2.45. The van der Waals surface area contributed by atoms with Crippen LogP contribution in [0.15, 0.2) is 60.1 Å². The van der Waals surface area contributed by atoms with Crippen molar-refractivity contribution >= 4 is 29.2 Å². The van der Waals surface area contributed by atoms with Crippen molar-refractivity contribution in [2.24, 2.45) is 5.41 Å². The number of aliphatic carboxylic acids is 3. The fourth-order valence-corrected chi connectivity index (χ4v) is 7.41. The van der Waals surface area contributed by atoms with Crippen LogP contribution in [0.4, 0.5) is 0 Å². The zero-order valence-corrected chi connectivity index (χ0v) is 27.5. The second-order valence-electron chi connectivity index (χ2n) is 12.6. The Hall–Kier alpha value is -3.64. The minimum atomic E-state index is -2.74. The van der Waals surface area contributed by atoms with E-state index in [1.54, 1.807) is 0 Å². The van der Waals surface area contributed by atoms with Gasteiger partial charge in [0, 0.05) is 34.3 Å². The largest absolute Gasteiger partial charge is 0.481 e. The number of carbonyl (C=O) groups is 3. The van der Waals surface area contributed by atoms with Gasteiger partial charge in [0.2, 0.25) is 0 Å². The van der Waals surface area contributed by atoms with Crippen LogP contribution in [-0.4, -0.2) is 73.5 Å². The highest BCUT2D eigenvalue weighted by Gasteiger charge is 2.50. The number of thiophene rings is 1. The van der Waals surface area contributed by atoms with Crippen molar-refractivity contribution in [2.75, 3.05) is 19.7 Å². The molecule has 5 rings (SSSR count). The molecule has 11 heteroatoms. The van der Waals surface area contributed by atoms with Crippen LogP contribution >= 0.6 is 11.3 Å². The first-order valence-corrected chi connectivity index (χ1v) is 16.5. The molecule has 0 saturated carbocycles. The van der Waals surface area contributed by atoms with Crippen molar-refractivity contribution in [1.29, 1.82) is 0 Å². The SMILES string of the molecule is CCC(C)(c1ccc(C)nc1)N1CC[C@@](CCc2cccs2)([C@H]2OCCc3ccccc32)C1.O=C(O)CC(O)(CC(=O)O)C(=O)O. The molecule has 46 heavy (non-hydrogen) atoms. The van der Waals surface area contributed by atoms with Gasteiger partial charge in [-0.05, 0) is 86.7 Å². The van der Waals surface area contributed by atoms with Crippen LogP contribution in [0.5, 0.6) is 0 Å². The summed E-state index contributed by atoms with van der Waals surface area (Å²) in [5.41, 5.74) is 2.67. The molecule has 0 amide bonds. The van der Waals surface area contributed by atoms with E-state index in [-0.39, 0.29) is 17.1 Å². The lowest BCUT2D eigenvalue weighted by atomic mass is 9.72. The number of rotatable bonds is 12. The lowest BCUT2D eigenvalue weighted by molar-refractivity contribution is -0.170. The summed E-state index contributed by atoms with van der Waals surface area (Å²) in [5.74, 6) is -5.02. The number of likely N-dealkylation sites (tertiary alicyclic amines) is 1. The van der Waals surface area contributed by atoms with E-state index in [2.05, 4.69) is 90.8 Å². The Labute approximate surface area is 273 Å². The maximum atomic E-state index is 10.3. The highest BCUT2D eigenvalue weighted by Crippen LogP contribution is 2.52. The van der Waals surface area contributed by atoms with E-state index in [4.69, 9.17) is 25.2 Å². The molecule has 2 aliphatic rings. The molecule has 4 N–H and O–H groups in total. The normalized spacial score (nSPS) is 21.0. The second-order valence-corrected chi connectivity index (χ2v) is 13.6. The number of aryl methyl sites for hydroxylation is 2. The summed E-state index contributed by atoms with van der Waals surface area (Å²) >= 11 is 1.88. The maximum absolute atomic E-state index is 10.3. The Morgan fingerprint density at radius 2 is 1.78 bits per heavy atom. The van der Waals surface area contributed by atoms with Gasteiger partial charge in [-0.15, -0.1) is 11.3 Å². The van der Waals surface area contributed by atoms with Gasteiger partial charge in [0.1, 0.15) is 0 Å². The summed E-state index contributed by atoms with van der Waals surface area (Å²) in [7, 11) is 0. The van der Waals surface area contributed by atoms with Crippen molar-refractivity contribution < 1.29 is 39.5 Å². The monoisotopic (exact) mass is 652 g/mol. The van der Waals surface area contributed by atoms with E-state index in [1.807, 2.05) is 11.3 Å².